The van der Waals surface area contributed by atoms with Gasteiger partial charge in [0.15, 0.2) is 0 Å². The van der Waals surface area contributed by atoms with Crippen molar-refractivity contribution in [2.75, 3.05) is 5.32 Å². The zero-order chi connectivity index (χ0) is 28.0. The lowest BCUT2D eigenvalue weighted by atomic mass is 10.0. The molecule has 0 aliphatic carbocycles. The maximum Gasteiger partial charge on any atom is 0.420 e. The normalized spacial score (nSPS) is 17.2. The number of imide groups is 1. The van der Waals surface area contributed by atoms with Crippen LogP contribution < -0.4 is 15.4 Å². The highest BCUT2D eigenvalue weighted by Crippen LogP contribution is 2.40. The molecule has 3 N–H and O–H groups in total. The number of anilines is 1. The Morgan fingerprint density at radius 2 is 1.85 bits per heavy atom. The van der Waals surface area contributed by atoms with Crippen molar-refractivity contribution in [3.63, 3.8) is 0 Å². The average Bonchev–Trinajstić information content (AvgIpc) is 3.46. The van der Waals surface area contributed by atoms with E-state index in [2.05, 4.69) is 20.6 Å². The summed E-state index contributed by atoms with van der Waals surface area (Å²) in [5, 5.41) is 5.36. The number of hydrogen-bond acceptors (Lipinski definition) is 6. The van der Waals surface area contributed by atoms with Gasteiger partial charge in [-0.25, -0.2) is 4.98 Å². The van der Waals surface area contributed by atoms with E-state index in [-0.39, 0.29) is 60.7 Å². The number of aromatic nitrogens is 2. The summed E-state index contributed by atoms with van der Waals surface area (Å²) in [6, 6.07) is 15.0. The minimum atomic E-state index is -4.64. The molecule has 1 atom stereocenters. The second-order valence-electron chi connectivity index (χ2n) is 9.61. The minimum absolute atomic E-state index is 0.174. The van der Waals surface area contributed by atoms with Crippen LogP contribution in [0.1, 0.15) is 39.9 Å². The van der Waals surface area contributed by atoms with Crippen LogP contribution in [0.25, 0.3) is 11.0 Å². The molecule has 3 amide bonds. The minimum Gasteiger partial charge on any atom is -0.457 e. The van der Waals surface area contributed by atoms with E-state index in [1.807, 2.05) is 6.07 Å². The van der Waals surface area contributed by atoms with Crippen molar-refractivity contribution in [2.24, 2.45) is 0 Å². The summed E-state index contributed by atoms with van der Waals surface area (Å²) in [5.74, 6) is -0.910. The lowest BCUT2D eigenvalue weighted by Gasteiger charge is -2.29. The van der Waals surface area contributed by atoms with Gasteiger partial charge in [-0.15, -0.1) is 0 Å². The number of alkyl halides is 3. The number of nitrogens with zero attached hydrogens (tertiary/aromatic N) is 2. The molecule has 3 heterocycles. The lowest BCUT2D eigenvalue weighted by molar-refractivity contribution is -0.139. The number of carbonyl (C=O) groups is 3. The summed E-state index contributed by atoms with van der Waals surface area (Å²) in [6.07, 6.45) is -4.19. The molecule has 1 unspecified atom stereocenters. The van der Waals surface area contributed by atoms with E-state index >= 15 is 0 Å². The highest BCUT2D eigenvalue weighted by atomic mass is 19.4. The predicted molar refractivity (Wildman–Crippen MR) is 137 cm³/mol. The van der Waals surface area contributed by atoms with E-state index in [9.17, 15) is 27.6 Å². The maximum absolute atomic E-state index is 13.8. The molecule has 1 saturated heterocycles. The Bertz CT molecular complexity index is 1650. The molecule has 9 nitrogen and oxygen atoms in total. The molecular formula is C28H22F3N5O4. The van der Waals surface area contributed by atoms with E-state index < -0.39 is 23.7 Å². The quantitative estimate of drug-likeness (QED) is 0.299. The first-order chi connectivity index (χ1) is 19.2. The van der Waals surface area contributed by atoms with Crippen LogP contribution in [-0.2, 0) is 28.9 Å². The monoisotopic (exact) mass is 549 g/mol. The van der Waals surface area contributed by atoms with Crippen LogP contribution in [0.4, 0.5) is 19.1 Å². The van der Waals surface area contributed by atoms with Gasteiger partial charge in [-0.05, 0) is 41.8 Å². The Morgan fingerprint density at radius 1 is 1.05 bits per heavy atom. The van der Waals surface area contributed by atoms with Gasteiger partial charge in [0.25, 0.3) is 5.91 Å². The van der Waals surface area contributed by atoms with E-state index in [1.54, 1.807) is 42.5 Å². The number of ether oxygens (including phenoxy) is 1. The number of aromatic amines is 1. The number of fused-ring (bicyclic) bond motifs is 2. The Morgan fingerprint density at radius 3 is 2.60 bits per heavy atom. The highest BCUT2D eigenvalue weighted by Gasteiger charge is 2.39. The molecule has 0 bridgehead atoms. The number of benzene rings is 3. The summed E-state index contributed by atoms with van der Waals surface area (Å²) >= 11 is 0. The zero-order valence-electron chi connectivity index (χ0n) is 20.8. The van der Waals surface area contributed by atoms with Crippen molar-refractivity contribution in [1.29, 1.82) is 0 Å². The zero-order valence-corrected chi connectivity index (χ0v) is 20.8. The lowest BCUT2D eigenvalue weighted by Crippen LogP contribution is -2.52. The molecule has 12 heteroatoms. The average molecular weight is 550 g/mol. The second-order valence-corrected chi connectivity index (χ2v) is 9.61. The predicted octanol–water partition coefficient (Wildman–Crippen LogP) is 4.75. The Kier molecular flexibility index (Phi) is 6.16. The van der Waals surface area contributed by atoms with Crippen molar-refractivity contribution in [2.45, 2.75) is 38.1 Å². The number of rotatable bonds is 6. The molecular weight excluding hydrogens is 527 g/mol. The number of halogens is 3. The van der Waals surface area contributed by atoms with Crippen molar-refractivity contribution in [3.05, 3.63) is 82.9 Å². The molecule has 1 fully saturated rings. The molecule has 40 heavy (non-hydrogen) atoms. The molecule has 0 spiro atoms. The fourth-order valence-electron chi connectivity index (χ4n) is 4.97. The number of H-pyrrole nitrogens is 1. The van der Waals surface area contributed by atoms with E-state index in [4.69, 9.17) is 4.74 Å². The second kappa shape index (κ2) is 9.70. The van der Waals surface area contributed by atoms with Gasteiger partial charge in [0.1, 0.15) is 23.1 Å². The molecule has 2 aliphatic rings. The molecule has 2 aliphatic heterocycles. The third-order valence-electron chi connectivity index (χ3n) is 6.91. The van der Waals surface area contributed by atoms with Crippen molar-refractivity contribution < 1.29 is 32.3 Å². The first-order valence-corrected chi connectivity index (χ1v) is 12.5. The standard InChI is InChI=1S/C28H22F3N5O4/c29-28(30,31)19-11-20-21(12-23(19)40-17-4-2-1-3-5-17)34-27(33-20)32-13-15-6-7-18-16(10-15)14-36(26(18)39)22-8-9-24(37)35-25(22)38/h1-7,10-12,22H,8-9,13-14H2,(H2,32,33,34)(H,35,37,38). The summed E-state index contributed by atoms with van der Waals surface area (Å²) in [6.45, 7) is 0.516. The van der Waals surface area contributed by atoms with Crippen LogP contribution in [0.2, 0.25) is 0 Å². The van der Waals surface area contributed by atoms with Gasteiger partial charge in [0.2, 0.25) is 17.8 Å². The van der Waals surface area contributed by atoms with Crippen LogP contribution in [-0.4, -0.2) is 38.6 Å². The fraction of sp³-hybridized carbons (Fsp3) is 0.214. The van der Waals surface area contributed by atoms with E-state index in [0.29, 0.717) is 11.1 Å². The summed E-state index contributed by atoms with van der Waals surface area (Å²) in [5.41, 5.74) is 1.60. The number of imidazole rings is 1. The molecule has 6 rings (SSSR count). The third-order valence-corrected chi connectivity index (χ3v) is 6.91. The van der Waals surface area contributed by atoms with Crippen LogP contribution >= 0.6 is 0 Å². The van der Waals surface area contributed by atoms with E-state index in [1.165, 1.54) is 11.0 Å². The van der Waals surface area contributed by atoms with Crippen molar-refractivity contribution in [1.82, 2.24) is 20.2 Å². The van der Waals surface area contributed by atoms with Gasteiger partial charge in [0, 0.05) is 31.1 Å². The van der Waals surface area contributed by atoms with Crippen molar-refractivity contribution in [3.8, 4) is 11.5 Å². The summed E-state index contributed by atoms with van der Waals surface area (Å²) in [7, 11) is 0. The Labute approximate surface area is 225 Å². The van der Waals surface area contributed by atoms with E-state index in [0.717, 1.165) is 17.2 Å². The van der Waals surface area contributed by atoms with Gasteiger partial charge in [0.05, 0.1) is 11.0 Å². The number of nitrogens with one attached hydrogen (secondary N) is 3. The van der Waals surface area contributed by atoms with Gasteiger partial charge in [-0.3, -0.25) is 19.7 Å². The molecule has 204 valence electrons. The summed E-state index contributed by atoms with van der Waals surface area (Å²) < 4.78 is 46.9. The largest absolute Gasteiger partial charge is 0.457 e. The number of carbonyl (C=O) groups excluding carboxylic acids is 3. The summed E-state index contributed by atoms with van der Waals surface area (Å²) in [4.78, 5) is 45.3. The molecule has 0 saturated carbocycles. The number of para-hydroxylation sites is 1. The SMILES string of the molecule is O=C1CCC(N2Cc3cc(CNc4nc5cc(Oc6ccccc6)c(C(F)(F)F)cc5[nH]4)ccc3C2=O)C(=O)N1. The van der Waals surface area contributed by atoms with Crippen molar-refractivity contribution >= 4 is 34.7 Å². The number of amides is 3. The molecule has 3 aromatic carbocycles. The van der Waals surface area contributed by atoms with Crippen LogP contribution in [0.3, 0.4) is 0 Å². The third kappa shape index (κ3) is 4.83. The number of piperidine rings is 1. The van der Waals surface area contributed by atoms with Crippen LogP contribution in [0.5, 0.6) is 11.5 Å². The van der Waals surface area contributed by atoms with Gasteiger partial charge >= 0.3 is 6.18 Å². The van der Waals surface area contributed by atoms with Crippen LogP contribution in [0, 0.1) is 0 Å². The first-order valence-electron chi connectivity index (χ1n) is 12.5. The maximum atomic E-state index is 13.8. The Balaban J connectivity index is 1.19. The number of hydrogen-bond donors (Lipinski definition) is 3. The van der Waals surface area contributed by atoms with Gasteiger partial charge in [-0.2, -0.15) is 13.2 Å². The molecule has 4 aromatic rings. The molecule has 1 aromatic heterocycles. The smallest absolute Gasteiger partial charge is 0.420 e. The molecule has 0 radical (unpaired) electrons. The highest BCUT2D eigenvalue weighted by molar-refractivity contribution is 6.05. The van der Waals surface area contributed by atoms with Gasteiger partial charge < -0.3 is 19.9 Å². The van der Waals surface area contributed by atoms with Gasteiger partial charge in [-0.1, -0.05) is 30.3 Å². The fourth-order valence-corrected chi connectivity index (χ4v) is 4.97. The Hall–Kier alpha value is -4.87. The first kappa shape index (κ1) is 25.4. The van der Waals surface area contributed by atoms with Crippen LogP contribution in [0.15, 0.2) is 60.7 Å². The topological polar surface area (TPSA) is 116 Å².